The van der Waals surface area contributed by atoms with Gasteiger partial charge in [-0.05, 0) is 42.8 Å². The van der Waals surface area contributed by atoms with Gasteiger partial charge >= 0.3 is 0 Å². The molecule has 0 spiro atoms. The zero-order chi connectivity index (χ0) is 13.8. The molecule has 2 rings (SSSR count). The number of hydrogen-bond acceptors (Lipinski definition) is 3. The highest BCUT2D eigenvalue weighted by Crippen LogP contribution is 2.26. The number of nitriles is 1. The van der Waals surface area contributed by atoms with Crippen LogP contribution in [0.3, 0.4) is 0 Å². The lowest BCUT2D eigenvalue weighted by molar-refractivity contribution is 0.575. The summed E-state index contributed by atoms with van der Waals surface area (Å²) in [7, 11) is 0. The Kier molecular flexibility index (Phi) is 4.54. The second-order valence-electron chi connectivity index (χ2n) is 4.16. The molecule has 0 amide bonds. The lowest BCUT2D eigenvalue weighted by atomic mass is 10.1. The van der Waals surface area contributed by atoms with E-state index in [0.717, 1.165) is 9.21 Å². The molecule has 19 heavy (non-hydrogen) atoms. The van der Waals surface area contributed by atoms with E-state index in [-0.39, 0.29) is 11.9 Å². The van der Waals surface area contributed by atoms with Crippen LogP contribution in [0.25, 0.3) is 0 Å². The first-order chi connectivity index (χ1) is 9.10. The van der Waals surface area contributed by atoms with E-state index >= 15 is 0 Å². The Bertz CT molecular complexity index is 618. The van der Waals surface area contributed by atoms with Crippen molar-refractivity contribution >= 4 is 22.9 Å². The fraction of sp³-hybridized carbons (Fsp3) is 0.214. The monoisotopic (exact) mass is 294 g/mol. The lowest BCUT2D eigenvalue weighted by Crippen LogP contribution is -2.18. The average molecular weight is 295 g/mol. The third kappa shape index (κ3) is 3.54. The number of nitrogens with zero attached hydrogens (tertiary/aromatic N) is 1. The number of nitrogens with one attached hydrogen (secondary N) is 1. The van der Waals surface area contributed by atoms with Crippen molar-refractivity contribution in [1.82, 2.24) is 5.32 Å². The Hall–Kier alpha value is -1.41. The third-order valence-corrected chi connectivity index (χ3v) is 4.22. The number of benzene rings is 1. The number of thiophene rings is 1. The van der Waals surface area contributed by atoms with Crippen LogP contribution < -0.4 is 5.32 Å². The molecule has 2 aromatic rings. The number of halogens is 2. The highest BCUT2D eigenvalue weighted by molar-refractivity contribution is 7.16. The van der Waals surface area contributed by atoms with E-state index in [9.17, 15) is 4.39 Å². The summed E-state index contributed by atoms with van der Waals surface area (Å²) in [6, 6.07) is 10.2. The average Bonchev–Trinajstić information content (AvgIpc) is 2.83. The first kappa shape index (κ1) is 14.0. The van der Waals surface area contributed by atoms with Gasteiger partial charge in [-0.3, -0.25) is 0 Å². The first-order valence-corrected chi connectivity index (χ1v) is 6.96. The molecule has 0 saturated carbocycles. The standard InChI is InChI=1S/C14H12ClFN2S/c1-9(13-4-5-14(15)19-13)18-8-11-6-12(16)3-2-10(11)7-17/h2-6,9,18H,8H2,1H3. The molecule has 1 unspecified atom stereocenters. The highest BCUT2D eigenvalue weighted by atomic mass is 35.5. The maximum absolute atomic E-state index is 13.2. The molecule has 1 heterocycles. The van der Waals surface area contributed by atoms with Gasteiger partial charge < -0.3 is 5.32 Å². The molecule has 1 N–H and O–H groups in total. The molecular formula is C14H12ClFN2S. The van der Waals surface area contributed by atoms with E-state index < -0.39 is 0 Å². The molecule has 1 aromatic heterocycles. The van der Waals surface area contributed by atoms with Gasteiger partial charge in [0.1, 0.15) is 5.82 Å². The van der Waals surface area contributed by atoms with Crippen molar-refractivity contribution < 1.29 is 4.39 Å². The summed E-state index contributed by atoms with van der Waals surface area (Å²) in [6.45, 7) is 2.45. The number of hydrogen-bond donors (Lipinski definition) is 1. The predicted octanol–water partition coefficient (Wildman–Crippen LogP) is 4.26. The number of rotatable bonds is 4. The van der Waals surface area contributed by atoms with Crippen LogP contribution in [-0.4, -0.2) is 0 Å². The summed E-state index contributed by atoms with van der Waals surface area (Å²) in [5.74, 6) is -0.331. The fourth-order valence-electron chi connectivity index (χ4n) is 1.74. The van der Waals surface area contributed by atoms with Crippen molar-refractivity contribution in [2.75, 3.05) is 0 Å². The molecule has 0 radical (unpaired) electrons. The molecule has 0 aliphatic heterocycles. The molecule has 2 nitrogen and oxygen atoms in total. The molecule has 0 aliphatic rings. The van der Waals surface area contributed by atoms with Crippen LogP contribution in [0.2, 0.25) is 4.34 Å². The maximum Gasteiger partial charge on any atom is 0.123 e. The van der Waals surface area contributed by atoms with Gasteiger partial charge in [-0.2, -0.15) is 5.26 Å². The zero-order valence-electron chi connectivity index (χ0n) is 10.3. The van der Waals surface area contributed by atoms with Gasteiger partial charge in [0.05, 0.1) is 16.0 Å². The van der Waals surface area contributed by atoms with Crippen LogP contribution in [0.5, 0.6) is 0 Å². The van der Waals surface area contributed by atoms with E-state index in [1.54, 1.807) is 0 Å². The minimum Gasteiger partial charge on any atom is -0.305 e. The maximum atomic E-state index is 13.2. The topological polar surface area (TPSA) is 35.8 Å². The van der Waals surface area contributed by atoms with Gasteiger partial charge in [0.25, 0.3) is 0 Å². The molecule has 1 aromatic carbocycles. The fourth-order valence-corrected chi connectivity index (χ4v) is 2.83. The summed E-state index contributed by atoms with van der Waals surface area (Å²) in [5, 5.41) is 12.2. The molecule has 0 fully saturated rings. The van der Waals surface area contributed by atoms with Crippen LogP contribution in [-0.2, 0) is 6.54 Å². The van der Waals surface area contributed by atoms with Gasteiger partial charge in [0.15, 0.2) is 0 Å². The summed E-state index contributed by atoms with van der Waals surface area (Å²) >= 11 is 7.40. The van der Waals surface area contributed by atoms with Gasteiger partial charge in [-0.25, -0.2) is 4.39 Å². The Labute approximate surface area is 120 Å². The second kappa shape index (κ2) is 6.16. The van der Waals surface area contributed by atoms with Crippen LogP contribution in [0.4, 0.5) is 4.39 Å². The summed E-state index contributed by atoms with van der Waals surface area (Å²) in [5.41, 5.74) is 1.15. The predicted molar refractivity (Wildman–Crippen MR) is 75.7 cm³/mol. The Morgan fingerprint density at radius 3 is 2.84 bits per heavy atom. The second-order valence-corrected chi connectivity index (χ2v) is 5.90. The zero-order valence-corrected chi connectivity index (χ0v) is 11.9. The van der Waals surface area contributed by atoms with Crippen molar-refractivity contribution in [3.8, 4) is 6.07 Å². The van der Waals surface area contributed by atoms with Gasteiger partial charge in [0.2, 0.25) is 0 Å². The van der Waals surface area contributed by atoms with Crippen LogP contribution in [0.15, 0.2) is 30.3 Å². The van der Waals surface area contributed by atoms with Crippen molar-refractivity contribution in [2.24, 2.45) is 0 Å². The van der Waals surface area contributed by atoms with Crippen molar-refractivity contribution in [3.63, 3.8) is 0 Å². The van der Waals surface area contributed by atoms with Crippen LogP contribution in [0, 0.1) is 17.1 Å². The minimum atomic E-state index is -0.331. The molecule has 0 bridgehead atoms. The first-order valence-electron chi connectivity index (χ1n) is 5.77. The molecular weight excluding hydrogens is 283 g/mol. The summed E-state index contributed by atoms with van der Waals surface area (Å²) < 4.78 is 13.9. The minimum absolute atomic E-state index is 0.104. The smallest absolute Gasteiger partial charge is 0.123 e. The van der Waals surface area contributed by atoms with Crippen molar-refractivity contribution in [3.05, 3.63) is 56.5 Å². The highest BCUT2D eigenvalue weighted by Gasteiger charge is 2.09. The summed E-state index contributed by atoms with van der Waals surface area (Å²) in [4.78, 5) is 1.11. The van der Waals surface area contributed by atoms with E-state index in [1.807, 2.05) is 19.1 Å². The van der Waals surface area contributed by atoms with E-state index in [0.29, 0.717) is 17.7 Å². The molecule has 1 atom stereocenters. The normalized spacial score (nSPS) is 12.1. The van der Waals surface area contributed by atoms with Gasteiger partial charge in [-0.15, -0.1) is 11.3 Å². The molecule has 0 aliphatic carbocycles. The third-order valence-electron chi connectivity index (χ3n) is 2.81. The summed E-state index contributed by atoms with van der Waals surface area (Å²) in [6.07, 6.45) is 0. The van der Waals surface area contributed by atoms with Crippen LogP contribution in [0.1, 0.15) is 29.0 Å². The molecule has 98 valence electrons. The van der Waals surface area contributed by atoms with E-state index in [2.05, 4.69) is 11.4 Å². The van der Waals surface area contributed by atoms with Gasteiger partial charge in [-0.1, -0.05) is 11.6 Å². The molecule has 5 heteroatoms. The van der Waals surface area contributed by atoms with Crippen LogP contribution >= 0.6 is 22.9 Å². The van der Waals surface area contributed by atoms with Gasteiger partial charge in [0, 0.05) is 17.5 Å². The SMILES string of the molecule is CC(NCc1cc(F)ccc1C#N)c1ccc(Cl)s1. The van der Waals surface area contributed by atoms with Crippen molar-refractivity contribution in [1.29, 1.82) is 5.26 Å². The Balaban J connectivity index is 2.06. The van der Waals surface area contributed by atoms with Crippen molar-refractivity contribution in [2.45, 2.75) is 19.5 Å². The Morgan fingerprint density at radius 1 is 1.42 bits per heavy atom. The Morgan fingerprint density at radius 2 is 2.21 bits per heavy atom. The van der Waals surface area contributed by atoms with E-state index in [1.165, 1.54) is 29.5 Å². The molecule has 0 saturated heterocycles. The largest absolute Gasteiger partial charge is 0.305 e. The lowest BCUT2D eigenvalue weighted by Gasteiger charge is -2.12. The van der Waals surface area contributed by atoms with E-state index in [4.69, 9.17) is 16.9 Å². The quantitative estimate of drug-likeness (QED) is 0.914.